The number of thiophene rings is 1. The van der Waals surface area contributed by atoms with Crippen LogP contribution in [0.5, 0.6) is 0 Å². The van der Waals surface area contributed by atoms with Crippen LogP contribution in [0, 0.1) is 5.41 Å². The standard InChI is InChI=1S/C22H29N3O2S/c26-21-22(6-8-25(21)10-9-23-11-13-27-14-12-23)5-7-24(17-22)15-18-16-28-20-4-2-1-3-19(18)20/h1-4,16H,5-15,17H2. The maximum atomic E-state index is 13.2. The van der Waals surface area contributed by atoms with E-state index in [1.165, 1.54) is 15.6 Å². The molecule has 3 saturated heterocycles. The summed E-state index contributed by atoms with van der Waals surface area (Å²) in [6.45, 7) is 9.34. The van der Waals surface area contributed by atoms with E-state index in [1.807, 2.05) is 11.3 Å². The highest BCUT2D eigenvalue weighted by atomic mass is 32.1. The van der Waals surface area contributed by atoms with Crippen molar-refractivity contribution in [3.8, 4) is 0 Å². The number of likely N-dealkylation sites (tertiary alicyclic amines) is 2. The van der Waals surface area contributed by atoms with Crippen molar-refractivity contribution in [2.45, 2.75) is 19.4 Å². The number of fused-ring (bicyclic) bond motifs is 1. The lowest BCUT2D eigenvalue weighted by atomic mass is 9.85. The van der Waals surface area contributed by atoms with Crippen LogP contribution < -0.4 is 0 Å². The number of nitrogens with zero attached hydrogens (tertiary/aromatic N) is 3. The molecule has 1 aromatic carbocycles. The molecule has 1 atom stereocenters. The summed E-state index contributed by atoms with van der Waals surface area (Å²) >= 11 is 1.83. The molecule has 5 rings (SSSR count). The van der Waals surface area contributed by atoms with Crippen molar-refractivity contribution in [2.24, 2.45) is 5.41 Å². The molecule has 0 saturated carbocycles. The Hall–Kier alpha value is -1.47. The van der Waals surface area contributed by atoms with Gasteiger partial charge in [-0.2, -0.15) is 0 Å². The lowest BCUT2D eigenvalue weighted by Gasteiger charge is -2.29. The number of carbonyl (C=O) groups excluding carboxylic acids is 1. The Morgan fingerprint density at radius 1 is 1.00 bits per heavy atom. The summed E-state index contributed by atoms with van der Waals surface area (Å²) < 4.78 is 6.78. The smallest absolute Gasteiger partial charge is 0.230 e. The van der Waals surface area contributed by atoms with Gasteiger partial charge in [-0.25, -0.2) is 0 Å². The monoisotopic (exact) mass is 399 g/mol. The third kappa shape index (κ3) is 3.47. The Morgan fingerprint density at radius 2 is 1.82 bits per heavy atom. The SMILES string of the molecule is O=C1N(CCN2CCOCC2)CCC12CCN(Cc1csc3ccccc13)C2. The molecule has 0 aliphatic carbocycles. The number of ether oxygens (including phenoxy) is 1. The highest BCUT2D eigenvalue weighted by molar-refractivity contribution is 7.17. The second kappa shape index (κ2) is 7.75. The zero-order valence-electron chi connectivity index (χ0n) is 16.4. The van der Waals surface area contributed by atoms with Gasteiger partial charge in [0.25, 0.3) is 0 Å². The summed E-state index contributed by atoms with van der Waals surface area (Å²) in [5.74, 6) is 0.401. The maximum Gasteiger partial charge on any atom is 0.230 e. The van der Waals surface area contributed by atoms with Gasteiger partial charge in [-0.05, 0) is 41.8 Å². The first-order valence-electron chi connectivity index (χ1n) is 10.5. The second-order valence-electron chi connectivity index (χ2n) is 8.49. The van der Waals surface area contributed by atoms with E-state index in [-0.39, 0.29) is 5.41 Å². The Labute approximate surface area is 170 Å². The number of hydrogen-bond acceptors (Lipinski definition) is 5. The van der Waals surface area contributed by atoms with Crippen molar-refractivity contribution in [2.75, 3.05) is 59.0 Å². The highest BCUT2D eigenvalue weighted by Gasteiger charge is 2.50. The van der Waals surface area contributed by atoms with Gasteiger partial charge in [0.1, 0.15) is 0 Å². The van der Waals surface area contributed by atoms with Crippen LogP contribution in [0.2, 0.25) is 0 Å². The molecular formula is C22H29N3O2S. The Balaban J connectivity index is 1.19. The molecule has 1 aromatic heterocycles. The maximum absolute atomic E-state index is 13.2. The topological polar surface area (TPSA) is 36.0 Å². The van der Waals surface area contributed by atoms with E-state index in [0.29, 0.717) is 5.91 Å². The number of benzene rings is 1. The van der Waals surface area contributed by atoms with Crippen LogP contribution >= 0.6 is 11.3 Å². The van der Waals surface area contributed by atoms with Crippen molar-refractivity contribution in [3.05, 3.63) is 35.2 Å². The van der Waals surface area contributed by atoms with Gasteiger partial charge in [0.2, 0.25) is 5.91 Å². The second-order valence-corrected chi connectivity index (χ2v) is 9.41. The third-order valence-electron chi connectivity index (χ3n) is 6.78. The van der Waals surface area contributed by atoms with Gasteiger partial charge >= 0.3 is 0 Å². The fraction of sp³-hybridized carbons (Fsp3) is 0.591. The Morgan fingerprint density at radius 3 is 2.71 bits per heavy atom. The summed E-state index contributed by atoms with van der Waals surface area (Å²) in [4.78, 5) is 20.3. The number of rotatable bonds is 5. The number of hydrogen-bond donors (Lipinski definition) is 0. The lowest BCUT2D eigenvalue weighted by Crippen LogP contribution is -2.43. The molecule has 0 N–H and O–H groups in total. The minimum absolute atomic E-state index is 0.128. The molecule has 0 bridgehead atoms. The molecule has 3 aliphatic rings. The average molecular weight is 400 g/mol. The van der Waals surface area contributed by atoms with Crippen LogP contribution in [-0.4, -0.2) is 79.6 Å². The first-order chi connectivity index (χ1) is 13.7. The van der Waals surface area contributed by atoms with Gasteiger partial charge < -0.3 is 9.64 Å². The number of morpholine rings is 1. The molecule has 3 fully saturated rings. The molecule has 4 heterocycles. The summed E-state index contributed by atoms with van der Waals surface area (Å²) in [5.41, 5.74) is 1.28. The van der Waals surface area contributed by atoms with Crippen LogP contribution in [0.1, 0.15) is 18.4 Å². The quantitative estimate of drug-likeness (QED) is 0.775. The number of amides is 1. The van der Waals surface area contributed by atoms with E-state index in [4.69, 9.17) is 4.74 Å². The first kappa shape index (κ1) is 18.6. The summed E-state index contributed by atoms with van der Waals surface area (Å²) in [6.07, 6.45) is 2.04. The van der Waals surface area contributed by atoms with Gasteiger partial charge in [-0.1, -0.05) is 18.2 Å². The molecule has 150 valence electrons. The molecule has 0 radical (unpaired) electrons. The van der Waals surface area contributed by atoms with Crippen molar-refractivity contribution in [3.63, 3.8) is 0 Å². The van der Waals surface area contributed by atoms with E-state index in [0.717, 1.165) is 78.4 Å². The fourth-order valence-corrected chi connectivity index (χ4v) is 6.02. The van der Waals surface area contributed by atoms with Crippen molar-refractivity contribution < 1.29 is 9.53 Å². The van der Waals surface area contributed by atoms with Crippen molar-refractivity contribution in [1.82, 2.24) is 14.7 Å². The largest absolute Gasteiger partial charge is 0.379 e. The Bertz CT molecular complexity index is 847. The first-order valence-corrected chi connectivity index (χ1v) is 11.4. The molecule has 3 aliphatic heterocycles. The molecule has 1 spiro atoms. The summed E-state index contributed by atoms with van der Waals surface area (Å²) in [5, 5.41) is 3.67. The average Bonchev–Trinajstić information content (AvgIpc) is 3.42. The van der Waals surface area contributed by atoms with E-state index in [1.54, 1.807) is 0 Å². The van der Waals surface area contributed by atoms with Gasteiger partial charge in [-0.15, -0.1) is 11.3 Å². The van der Waals surface area contributed by atoms with Crippen LogP contribution in [0.15, 0.2) is 29.6 Å². The van der Waals surface area contributed by atoms with Crippen LogP contribution in [0.3, 0.4) is 0 Å². The predicted molar refractivity (Wildman–Crippen MR) is 113 cm³/mol. The Kier molecular flexibility index (Phi) is 5.13. The molecule has 6 heteroatoms. The van der Waals surface area contributed by atoms with Gasteiger partial charge in [0, 0.05) is 50.5 Å². The lowest BCUT2D eigenvalue weighted by molar-refractivity contribution is -0.135. The van der Waals surface area contributed by atoms with E-state index >= 15 is 0 Å². The minimum Gasteiger partial charge on any atom is -0.379 e. The van der Waals surface area contributed by atoms with Gasteiger partial charge in [0.05, 0.1) is 18.6 Å². The minimum atomic E-state index is -0.128. The molecular weight excluding hydrogens is 370 g/mol. The van der Waals surface area contributed by atoms with E-state index < -0.39 is 0 Å². The zero-order chi connectivity index (χ0) is 19.0. The fourth-order valence-electron chi connectivity index (χ4n) is 5.06. The molecule has 5 nitrogen and oxygen atoms in total. The summed E-state index contributed by atoms with van der Waals surface area (Å²) in [6, 6.07) is 8.65. The van der Waals surface area contributed by atoms with Gasteiger partial charge in [-0.3, -0.25) is 14.6 Å². The zero-order valence-corrected chi connectivity index (χ0v) is 17.3. The van der Waals surface area contributed by atoms with Crippen LogP contribution in [0.4, 0.5) is 0 Å². The molecule has 2 aromatic rings. The van der Waals surface area contributed by atoms with Crippen molar-refractivity contribution in [1.29, 1.82) is 0 Å². The predicted octanol–water partition coefficient (Wildman–Crippen LogP) is 2.66. The summed E-state index contributed by atoms with van der Waals surface area (Å²) in [7, 11) is 0. The van der Waals surface area contributed by atoms with Crippen LogP contribution in [0.25, 0.3) is 10.1 Å². The van der Waals surface area contributed by atoms with E-state index in [9.17, 15) is 4.79 Å². The molecule has 28 heavy (non-hydrogen) atoms. The van der Waals surface area contributed by atoms with Crippen LogP contribution in [-0.2, 0) is 16.1 Å². The third-order valence-corrected chi connectivity index (χ3v) is 7.79. The number of carbonyl (C=O) groups is 1. The van der Waals surface area contributed by atoms with Gasteiger partial charge in [0.15, 0.2) is 0 Å². The normalized spacial score (nSPS) is 26.9. The van der Waals surface area contributed by atoms with Crippen molar-refractivity contribution >= 4 is 27.3 Å². The molecule has 1 unspecified atom stereocenters. The highest BCUT2D eigenvalue weighted by Crippen LogP contribution is 2.41. The van der Waals surface area contributed by atoms with E-state index in [2.05, 4.69) is 44.3 Å². The molecule has 1 amide bonds.